The van der Waals surface area contributed by atoms with E-state index in [1.165, 1.54) is 83.5 Å². The van der Waals surface area contributed by atoms with Crippen LogP contribution in [0, 0.1) is 0 Å². The molecule has 0 saturated heterocycles. The third-order valence-corrected chi connectivity index (χ3v) is 8.30. The highest BCUT2D eigenvalue weighted by atomic mass is 32.2. The minimum atomic E-state index is 0.177. The van der Waals surface area contributed by atoms with Gasteiger partial charge in [0.2, 0.25) is 0 Å². The van der Waals surface area contributed by atoms with Crippen LogP contribution in [0.5, 0.6) is 0 Å². The van der Waals surface area contributed by atoms with Gasteiger partial charge in [-0.15, -0.1) is 0 Å². The van der Waals surface area contributed by atoms with Gasteiger partial charge in [0.05, 0.1) is 0 Å². The van der Waals surface area contributed by atoms with Gasteiger partial charge in [-0.2, -0.15) is 11.8 Å². The van der Waals surface area contributed by atoms with E-state index in [-0.39, 0.29) is 11.0 Å². The lowest BCUT2D eigenvalue weighted by molar-refractivity contribution is 0.103. The molecule has 2 heteroatoms. The van der Waals surface area contributed by atoms with E-state index in [1.807, 2.05) is 60.3 Å². The van der Waals surface area contributed by atoms with Gasteiger partial charge in [-0.25, -0.2) is 0 Å². The lowest BCUT2D eigenvalue weighted by Crippen LogP contribution is -2.16. The van der Waals surface area contributed by atoms with E-state index in [2.05, 4.69) is 32.1 Å². The number of rotatable bonds is 21. The molecule has 0 N–H and O–H groups in total. The first-order valence-electron chi connectivity index (χ1n) is 14.7. The molecule has 0 saturated carbocycles. The number of ketones is 1. The average Bonchev–Trinajstić information content (AvgIpc) is 2.92. The van der Waals surface area contributed by atoms with Gasteiger partial charge in [0.1, 0.15) is 0 Å². The summed E-state index contributed by atoms with van der Waals surface area (Å²) >= 11 is 1.99. The van der Waals surface area contributed by atoms with Crippen molar-refractivity contribution in [1.29, 1.82) is 0 Å². The largest absolute Gasteiger partial charge is 0.289 e. The molecule has 0 aromatic heterocycles. The molecular weight excluding hydrogens is 456 g/mol. The molecule has 1 nitrogen and oxygen atoms in total. The molecule has 2 aromatic rings. The Bertz CT molecular complexity index is 827. The second-order valence-electron chi connectivity index (χ2n) is 10.1. The van der Waals surface area contributed by atoms with Crippen molar-refractivity contribution in [3.8, 4) is 0 Å². The summed E-state index contributed by atoms with van der Waals surface area (Å²) in [4.78, 5) is 13.5. The van der Waals surface area contributed by atoms with Gasteiger partial charge in [0.15, 0.2) is 5.78 Å². The number of hydrogen-bond acceptors (Lipinski definition) is 2. The fraction of sp³-hybridized carbons (Fsp3) is 0.559. The van der Waals surface area contributed by atoms with Crippen molar-refractivity contribution in [3.05, 3.63) is 77.4 Å². The van der Waals surface area contributed by atoms with Crippen molar-refractivity contribution in [3.63, 3.8) is 0 Å². The van der Waals surface area contributed by atoms with Gasteiger partial charge < -0.3 is 0 Å². The maximum atomic E-state index is 13.5. The van der Waals surface area contributed by atoms with E-state index in [0.29, 0.717) is 0 Å². The first kappa shape index (κ1) is 30.4. The first-order chi connectivity index (χ1) is 17.8. The Morgan fingerprint density at radius 1 is 0.667 bits per heavy atom. The molecule has 1 atom stereocenters. The molecule has 1 unspecified atom stereocenters. The molecule has 0 fully saturated rings. The van der Waals surface area contributed by atoms with Crippen molar-refractivity contribution < 1.29 is 4.79 Å². The topological polar surface area (TPSA) is 17.1 Å². The zero-order valence-electron chi connectivity index (χ0n) is 23.1. The van der Waals surface area contributed by atoms with Crippen LogP contribution < -0.4 is 0 Å². The molecular formula is C34H50OS. The predicted octanol–water partition coefficient (Wildman–Crippen LogP) is 10.9. The highest BCUT2D eigenvalue weighted by Crippen LogP contribution is 2.30. The molecule has 36 heavy (non-hydrogen) atoms. The second-order valence-corrected chi connectivity index (χ2v) is 11.4. The highest BCUT2D eigenvalue weighted by molar-refractivity contribution is 8.00. The van der Waals surface area contributed by atoms with Gasteiger partial charge in [-0.05, 0) is 30.2 Å². The Morgan fingerprint density at radius 2 is 1.17 bits per heavy atom. The lowest BCUT2D eigenvalue weighted by atomic mass is 9.96. The molecule has 0 aliphatic carbocycles. The third kappa shape index (κ3) is 12.9. The molecule has 198 valence electrons. The lowest BCUT2D eigenvalue weighted by Gasteiger charge is -2.19. The van der Waals surface area contributed by atoms with Crippen LogP contribution in [0.2, 0.25) is 0 Å². The molecule has 0 amide bonds. The summed E-state index contributed by atoms with van der Waals surface area (Å²) < 4.78 is 0. The maximum Gasteiger partial charge on any atom is 0.190 e. The SMILES string of the molecule is CCCCCCCCCCCCCCCSC(CCC)C(=Cc1ccccc1)C(=O)c1ccccc1. The number of carbonyl (C=O) groups excluding carboxylic acids is 1. The standard InChI is InChI=1S/C34H50OS/c1-3-5-6-7-8-9-10-11-12-13-14-15-22-28-36-33(23-4-2)32(29-30-24-18-16-19-25-30)34(35)31-26-20-17-21-27-31/h16-21,24-27,29,33H,3-15,22-23,28H2,1-2H3. The Kier molecular flexibility index (Phi) is 17.1. The van der Waals surface area contributed by atoms with E-state index in [4.69, 9.17) is 0 Å². The molecule has 2 rings (SSSR count). The fourth-order valence-electron chi connectivity index (χ4n) is 4.73. The van der Waals surface area contributed by atoms with Crippen molar-refractivity contribution in [1.82, 2.24) is 0 Å². The molecule has 0 aliphatic rings. The second kappa shape index (κ2) is 20.3. The Labute approximate surface area is 226 Å². The summed E-state index contributed by atoms with van der Waals surface area (Å²) in [7, 11) is 0. The van der Waals surface area contributed by atoms with Crippen LogP contribution in [0.15, 0.2) is 66.2 Å². The van der Waals surface area contributed by atoms with Crippen LogP contribution in [0.25, 0.3) is 6.08 Å². The van der Waals surface area contributed by atoms with E-state index >= 15 is 0 Å². The number of hydrogen-bond donors (Lipinski definition) is 0. The monoisotopic (exact) mass is 506 g/mol. The minimum absolute atomic E-state index is 0.177. The van der Waals surface area contributed by atoms with Crippen molar-refractivity contribution in [2.24, 2.45) is 0 Å². The molecule has 0 aliphatic heterocycles. The molecule has 0 radical (unpaired) electrons. The number of benzene rings is 2. The maximum absolute atomic E-state index is 13.5. The molecule has 0 heterocycles. The van der Waals surface area contributed by atoms with Crippen molar-refractivity contribution in [2.75, 3.05) is 5.75 Å². The zero-order chi connectivity index (χ0) is 25.7. The number of carbonyl (C=O) groups is 1. The first-order valence-corrected chi connectivity index (χ1v) is 15.8. The van der Waals surface area contributed by atoms with Gasteiger partial charge in [0, 0.05) is 16.4 Å². The summed E-state index contributed by atoms with van der Waals surface area (Å²) in [5, 5.41) is 0.250. The normalized spacial score (nSPS) is 12.6. The van der Waals surface area contributed by atoms with Crippen LogP contribution >= 0.6 is 11.8 Å². The summed E-state index contributed by atoms with van der Waals surface area (Å²) in [5.41, 5.74) is 2.86. The van der Waals surface area contributed by atoms with Gasteiger partial charge in [-0.3, -0.25) is 4.79 Å². The molecule has 0 bridgehead atoms. The van der Waals surface area contributed by atoms with Crippen LogP contribution in [-0.2, 0) is 0 Å². The van der Waals surface area contributed by atoms with E-state index in [1.54, 1.807) is 0 Å². The summed E-state index contributed by atoms with van der Waals surface area (Å²) in [6.45, 7) is 4.52. The summed E-state index contributed by atoms with van der Waals surface area (Å²) in [6.07, 6.45) is 22.3. The average molecular weight is 507 g/mol. The number of thioether (sulfide) groups is 1. The van der Waals surface area contributed by atoms with Crippen LogP contribution in [0.1, 0.15) is 126 Å². The number of unbranched alkanes of at least 4 members (excludes halogenated alkanes) is 12. The highest BCUT2D eigenvalue weighted by Gasteiger charge is 2.22. The van der Waals surface area contributed by atoms with E-state index in [9.17, 15) is 4.79 Å². The third-order valence-electron chi connectivity index (χ3n) is 6.88. The van der Waals surface area contributed by atoms with E-state index < -0.39 is 0 Å². The van der Waals surface area contributed by atoms with Gasteiger partial charge >= 0.3 is 0 Å². The van der Waals surface area contributed by atoms with E-state index in [0.717, 1.165) is 35.3 Å². The Morgan fingerprint density at radius 3 is 1.69 bits per heavy atom. The minimum Gasteiger partial charge on any atom is -0.289 e. The number of Topliss-reactive ketones (excluding diaryl/α,β-unsaturated/α-hetero) is 1. The molecule has 0 spiro atoms. The summed E-state index contributed by atoms with van der Waals surface area (Å²) in [6, 6.07) is 20.1. The van der Waals surface area contributed by atoms with Crippen LogP contribution in [0.4, 0.5) is 0 Å². The fourth-order valence-corrected chi connectivity index (χ4v) is 6.14. The predicted molar refractivity (Wildman–Crippen MR) is 162 cm³/mol. The van der Waals surface area contributed by atoms with Crippen molar-refractivity contribution >= 4 is 23.6 Å². The quantitative estimate of drug-likeness (QED) is 0.0951. The smallest absolute Gasteiger partial charge is 0.190 e. The van der Waals surface area contributed by atoms with Crippen LogP contribution in [-0.4, -0.2) is 16.8 Å². The van der Waals surface area contributed by atoms with Gasteiger partial charge in [-0.1, -0.05) is 158 Å². The Balaban J connectivity index is 1.77. The van der Waals surface area contributed by atoms with Gasteiger partial charge in [0.25, 0.3) is 0 Å². The molecule has 2 aromatic carbocycles. The Hall–Kier alpha value is -1.80. The zero-order valence-corrected chi connectivity index (χ0v) is 23.9. The van der Waals surface area contributed by atoms with Crippen molar-refractivity contribution in [2.45, 2.75) is 115 Å². The summed E-state index contributed by atoms with van der Waals surface area (Å²) in [5.74, 6) is 1.31. The van der Waals surface area contributed by atoms with Crippen LogP contribution in [0.3, 0.4) is 0 Å².